The minimum atomic E-state index is 0.597. The molecule has 0 saturated carbocycles. The van der Waals surface area contributed by atoms with Gasteiger partial charge in [-0.3, -0.25) is 0 Å². The molecule has 0 atom stereocenters. The number of nitrogens with one attached hydrogen (secondary N) is 1. The molecule has 1 nitrogen and oxygen atoms in total. The van der Waals surface area contributed by atoms with Crippen LogP contribution in [0.4, 0.5) is 5.69 Å². The van der Waals surface area contributed by atoms with Crippen molar-refractivity contribution in [1.29, 1.82) is 0 Å². The van der Waals surface area contributed by atoms with E-state index in [0.717, 1.165) is 18.5 Å². The molecule has 3 rings (SSSR count). The van der Waals surface area contributed by atoms with Gasteiger partial charge in [-0.1, -0.05) is 35.3 Å². The minimum absolute atomic E-state index is 0.597. The van der Waals surface area contributed by atoms with Gasteiger partial charge in [0.1, 0.15) is 0 Å². The SMILES string of the molecule is Clc1ccc(-c2ccc3c(c2)CCCN3)cc1Cl. The molecule has 1 heterocycles. The highest BCUT2D eigenvalue weighted by molar-refractivity contribution is 6.42. The zero-order chi connectivity index (χ0) is 12.5. The summed E-state index contributed by atoms with van der Waals surface area (Å²) in [6, 6.07) is 12.3. The van der Waals surface area contributed by atoms with Crippen molar-refractivity contribution >= 4 is 28.9 Å². The van der Waals surface area contributed by atoms with Crippen molar-refractivity contribution in [3.05, 3.63) is 52.0 Å². The number of hydrogen-bond acceptors (Lipinski definition) is 1. The summed E-state index contributed by atoms with van der Waals surface area (Å²) in [7, 11) is 0. The third kappa shape index (κ3) is 2.21. The molecular formula is C15H13Cl2N. The predicted octanol–water partition coefficient (Wildman–Crippen LogP) is 5.02. The van der Waals surface area contributed by atoms with Crippen molar-refractivity contribution < 1.29 is 0 Å². The summed E-state index contributed by atoms with van der Waals surface area (Å²) in [6.07, 6.45) is 2.33. The molecule has 1 N–H and O–H groups in total. The van der Waals surface area contributed by atoms with E-state index in [1.54, 1.807) is 0 Å². The Labute approximate surface area is 117 Å². The smallest absolute Gasteiger partial charge is 0.0598 e. The van der Waals surface area contributed by atoms with Gasteiger partial charge in [0.15, 0.2) is 0 Å². The highest BCUT2D eigenvalue weighted by atomic mass is 35.5. The molecule has 2 aromatic rings. The van der Waals surface area contributed by atoms with Crippen LogP contribution in [-0.2, 0) is 6.42 Å². The molecule has 0 spiro atoms. The highest BCUT2D eigenvalue weighted by Gasteiger charge is 2.10. The molecule has 0 fully saturated rings. The fraction of sp³-hybridized carbons (Fsp3) is 0.200. The lowest BCUT2D eigenvalue weighted by Crippen LogP contribution is -2.11. The predicted molar refractivity (Wildman–Crippen MR) is 78.7 cm³/mol. The molecule has 0 bridgehead atoms. The molecule has 18 heavy (non-hydrogen) atoms. The van der Waals surface area contributed by atoms with Gasteiger partial charge < -0.3 is 5.32 Å². The summed E-state index contributed by atoms with van der Waals surface area (Å²) in [5.41, 5.74) is 4.93. The Balaban J connectivity index is 2.03. The van der Waals surface area contributed by atoms with E-state index in [2.05, 4.69) is 23.5 Å². The monoisotopic (exact) mass is 277 g/mol. The van der Waals surface area contributed by atoms with E-state index in [9.17, 15) is 0 Å². The van der Waals surface area contributed by atoms with Gasteiger partial charge in [0.2, 0.25) is 0 Å². The zero-order valence-electron chi connectivity index (χ0n) is 9.84. The van der Waals surface area contributed by atoms with E-state index in [-0.39, 0.29) is 0 Å². The van der Waals surface area contributed by atoms with E-state index >= 15 is 0 Å². The average molecular weight is 278 g/mol. The van der Waals surface area contributed by atoms with Crippen LogP contribution in [-0.4, -0.2) is 6.54 Å². The summed E-state index contributed by atoms with van der Waals surface area (Å²) in [6.45, 7) is 1.07. The fourth-order valence-corrected chi connectivity index (χ4v) is 2.63. The van der Waals surface area contributed by atoms with Gasteiger partial charge in [0.05, 0.1) is 10.0 Å². The molecule has 1 aliphatic rings. The van der Waals surface area contributed by atoms with E-state index in [0.29, 0.717) is 10.0 Å². The fourth-order valence-electron chi connectivity index (χ4n) is 2.33. The van der Waals surface area contributed by atoms with Gasteiger partial charge >= 0.3 is 0 Å². The van der Waals surface area contributed by atoms with Gasteiger partial charge in [0, 0.05) is 12.2 Å². The van der Waals surface area contributed by atoms with Gasteiger partial charge in [0.25, 0.3) is 0 Å². The summed E-state index contributed by atoms with van der Waals surface area (Å²) in [5.74, 6) is 0. The summed E-state index contributed by atoms with van der Waals surface area (Å²) in [4.78, 5) is 0. The molecule has 0 aliphatic carbocycles. The van der Waals surface area contributed by atoms with Crippen LogP contribution in [0.15, 0.2) is 36.4 Å². The number of aryl methyl sites for hydroxylation is 1. The molecule has 0 aromatic heterocycles. The van der Waals surface area contributed by atoms with Crippen LogP contribution in [0.5, 0.6) is 0 Å². The third-order valence-corrected chi connectivity index (χ3v) is 4.04. The normalized spacial score (nSPS) is 13.9. The van der Waals surface area contributed by atoms with E-state index in [1.807, 2.05) is 18.2 Å². The molecule has 2 aromatic carbocycles. The standard InChI is InChI=1S/C15H13Cl2N/c16-13-5-3-11(9-14(13)17)10-4-6-15-12(8-10)2-1-7-18-15/h3-6,8-9,18H,1-2,7H2. The largest absolute Gasteiger partial charge is 0.385 e. The Morgan fingerprint density at radius 1 is 0.889 bits per heavy atom. The molecule has 0 amide bonds. The second kappa shape index (κ2) is 4.83. The molecule has 0 radical (unpaired) electrons. The molecule has 0 saturated heterocycles. The maximum absolute atomic E-state index is 6.06. The van der Waals surface area contributed by atoms with Gasteiger partial charge in [-0.25, -0.2) is 0 Å². The number of halogens is 2. The van der Waals surface area contributed by atoms with Crippen LogP contribution < -0.4 is 5.32 Å². The Morgan fingerprint density at radius 3 is 2.50 bits per heavy atom. The molecule has 92 valence electrons. The van der Waals surface area contributed by atoms with Crippen molar-refractivity contribution in [2.24, 2.45) is 0 Å². The lowest BCUT2D eigenvalue weighted by molar-refractivity contribution is 0.830. The minimum Gasteiger partial charge on any atom is -0.385 e. The molecule has 3 heteroatoms. The highest BCUT2D eigenvalue weighted by Crippen LogP contribution is 2.31. The lowest BCUT2D eigenvalue weighted by Gasteiger charge is -2.18. The Bertz CT molecular complexity index is 593. The van der Waals surface area contributed by atoms with Crippen LogP contribution in [0.3, 0.4) is 0 Å². The van der Waals surface area contributed by atoms with E-state index < -0.39 is 0 Å². The first-order chi connectivity index (χ1) is 8.74. The van der Waals surface area contributed by atoms with Crippen LogP contribution in [0.25, 0.3) is 11.1 Å². The van der Waals surface area contributed by atoms with Crippen molar-refractivity contribution in [1.82, 2.24) is 0 Å². The number of hydrogen-bond donors (Lipinski definition) is 1. The Kier molecular flexibility index (Phi) is 3.19. The second-order valence-corrected chi connectivity index (χ2v) is 5.35. The van der Waals surface area contributed by atoms with Crippen LogP contribution in [0.1, 0.15) is 12.0 Å². The molecule has 0 unspecified atom stereocenters. The summed E-state index contributed by atoms with van der Waals surface area (Å²) >= 11 is 12.0. The Morgan fingerprint density at radius 2 is 1.67 bits per heavy atom. The van der Waals surface area contributed by atoms with Crippen molar-refractivity contribution in [3.63, 3.8) is 0 Å². The van der Waals surface area contributed by atoms with Crippen molar-refractivity contribution in [2.45, 2.75) is 12.8 Å². The molecular weight excluding hydrogens is 265 g/mol. The van der Waals surface area contributed by atoms with Gasteiger partial charge in [-0.2, -0.15) is 0 Å². The van der Waals surface area contributed by atoms with Gasteiger partial charge in [-0.15, -0.1) is 0 Å². The Hall–Kier alpha value is -1.18. The zero-order valence-corrected chi connectivity index (χ0v) is 11.4. The van der Waals surface area contributed by atoms with Gasteiger partial charge in [-0.05, 0) is 53.8 Å². The quantitative estimate of drug-likeness (QED) is 0.772. The number of fused-ring (bicyclic) bond motifs is 1. The summed E-state index contributed by atoms with van der Waals surface area (Å²) in [5, 5.41) is 4.61. The lowest BCUT2D eigenvalue weighted by atomic mass is 9.97. The first kappa shape index (κ1) is 11.9. The number of anilines is 1. The second-order valence-electron chi connectivity index (χ2n) is 4.53. The summed E-state index contributed by atoms with van der Waals surface area (Å²) < 4.78 is 0. The van der Waals surface area contributed by atoms with Crippen LogP contribution in [0, 0.1) is 0 Å². The third-order valence-electron chi connectivity index (χ3n) is 3.30. The maximum Gasteiger partial charge on any atom is 0.0598 e. The average Bonchev–Trinajstić information content (AvgIpc) is 2.41. The topological polar surface area (TPSA) is 12.0 Å². The molecule has 1 aliphatic heterocycles. The number of benzene rings is 2. The number of rotatable bonds is 1. The van der Waals surface area contributed by atoms with E-state index in [4.69, 9.17) is 23.2 Å². The van der Waals surface area contributed by atoms with E-state index in [1.165, 1.54) is 23.2 Å². The van der Waals surface area contributed by atoms with Crippen LogP contribution >= 0.6 is 23.2 Å². The van der Waals surface area contributed by atoms with Crippen LogP contribution in [0.2, 0.25) is 10.0 Å². The first-order valence-electron chi connectivity index (χ1n) is 6.06. The maximum atomic E-state index is 6.06. The van der Waals surface area contributed by atoms with Crippen molar-refractivity contribution in [2.75, 3.05) is 11.9 Å². The van der Waals surface area contributed by atoms with Crippen molar-refractivity contribution in [3.8, 4) is 11.1 Å². The first-order valence-corrected chi connectivity index (χ1v) is 6.82.